The van der Waals surface area contributed by atoms with Crippen LogP contribution in [-0.2, 0) is 4.79 Å². The summed E-state index contributed by atoms with van der Waals surface area (Å²) in [7, 11) is 1.58. The molecule has 5 aromatic rings. The Labute approximate surface area is 255 Å². The Bertz CT molecular complexity index is 1870. The van der Waals surface area contributed by atoms with E-state index in [1.807, 2.05) is 83.9 Å². The molecule has 0 radical (unpaired) electrons. The number of aromatic nitrogens is 1. The van der Waals surface area contributed by atoms with Crippen LogP contribution < -0.4 is 24.1 Å². The number of methoxy groups -OCH3 is 1. The van der Waals surface area contributed by atoms with Crippen molar-refractivity contribution in [2.24, 2.45) is 0 Å². The first-order chi connectivity index (χ1) is 21.6. The van der Waals surface area contributed by atoms with Gasteiger partial charge in [-0.3, -0.25) is 9.78 Å². The van der Waals surface area contributed by atoms with E-state index in [0.29, 0.717) is 72.6 Å². The number of amides is 1. The zero-order chi connectivity index (χ0) is 30.5. The van der Waals surface area contributed by atoms with Crippen molar-refractivity contribution < 1.29 is 19.0 Å². The van der Waals surface area contributed by atoms with Gasteiger partial charge in [-0.1, -0.05) is 61.2 Å². The summed E-state index contributed by atoms with van der Waals surface area (Å²) in [5.74, 6) is 2.39. The zero-order valence-corrected chi connectivity index (χ0v) is 24.3. The van der Waals surface area contributed by atoms with Crippen LogP contribution in [0.15, 0.2) is 97.7 Å². The number of carbonyl (C=O) groups excluding carboxylic acids is 1. The molecule has 6 rings (SSSR count). The highest BCUT2D eigenvalue weighted by Crippen LogP contribution is 2.39. The number of fused-ring (bicyclic) bond motifs is 2. The van der Waals surface area contributed by atoms with E-state index in [9.17, 15) is 10.1 Å². The predicted octanol–water partition coefficient (Wildman–Crippen LogP) is 6.33. The van der Waals surface area contributed by atoms with E-state index >= 15 is 0 Å². The third kappa shape index (κ3) is 5.46. The molecule has 220 valence electrons. The molecule has 0 spiro atoms. The summed E-state index contributed by atoms with van der Waals surface area (Å²) < 4.78 is 17.8. The number of hydrazine groups is 1. The Morgan fingerprint density at radius 3 is 2.45 bits per heavy atom. The number of pyridine rings is 1. The third-order valence-electron chi connectivity index (χ3n) is 7.66. The van der Waals surface area contributed by atoms with Crippen molar-refractivity contribution in [1.82, 2.24) is 9.99 Å². The second-order valence-electron chi connectivity index (χ2n) is 10.2. The average molecular weight is 586 g/mol. The van der Waals surface area contributed by atoms with E-state index in [1.165, 1.54) is 0 Å². The minimum atomic E-state index is 0.330. The van der Waals surface area contributed by atoms with Crippen molar-refractivity contribution in [2.45, 2.75) is 0 Å². The van der Waals surface area contributed by atoms with Crippen molar-refractivity contribution in [1.29, 1.82) is 5.26 Å². The molecule has 0 atom stereocenters. The highest BCUT2D eigenvalue weighted by atomic mass is 16.5. The Hall–Kier alpha value is -5.59. The van der Waals surface area contributed by atoms with Crippen molar-refractivity contribution in [3.8, 4) is 29.1 Å². The molecule has 1 aliphatic heterocycles. The van der Waals surface area contributed by atoms with E-state index in [4.69, 9.17) is 14.2 Å². The number of benzene rings is 4. The first-order valence-electron chi connectivity index (χ1n) is 14.3. The molecule has 2 heterocycles. The number of rotatable bonds is 10. The quantitative estimate of drug-likeness (QED) is 0.139. The number of nitriles is 1. The first-order valence-corrected chi connectivity index (χ1v) is 14.3. The molecule has 0 bridgehead atoms. The molecular formula is C35H31N5O4. The molecule has 1 saturated heterocycles. The maximum Gasteiger partial charge on any atom is 0.228 e. The number of piperazine rings is 1. The van der Waals surface area contributed by atoms with Crippen LogP contribution in [0, 0.1) is 11.3 Å². The van der Waals surface area contributed by atoms with Gasteiger partial charge in [-0.05, 0) is 29.7 Å². The molecule has 9 heteroatoms. The molecule has 1 aromatic heterocycles. The Kier molecular flexibility index (Phi) is 8.25. The number of carbonyl (C=O) groups is 1. The molecule has 4 aromatic carbocycles. The second-order valence-corrected chi connectivity index (χ2v) is 10.2. The Morgan fingerprint density at radius 2 is 1.68 bits per heavy atom. The SMILES string of the molecule is C=CCOc1cc2ncc(C#N)c(N3CCN(N(C=O)c4ccccc4Oc4cccc5ccccc45)CC3)c2cc1OC. The molecule has 0 N–H and O–H groups in total. The van der Waals surface area contributed by atoms with Crippen molar-refractivity contribution in [3.63, 3.8) is 0 Å². The number of ether oxygens (including phenoxy) is 3. The lowest BCUT2D eigenvalue weighted by atomic mass is 10.1. The minimum Gasteiger partial charge on any atom is -0.493 e. The van der Waals surface area contributed by atoms with Gasteiger partial charge in [-0.2, -0.15) is 5.26 Å². The van der Waals surface area contributed by atoms with Crippen LogP contribution in [0.4, 0.5) is 11.4 Å². The van der Waals surface area contributed by atoms with Gasteiger partial charge in [0.25, 0.3) is 0 Å². The highest BCUT2D eigenvalue weighted by molar-refractivity contribution is 5.96. The number of anilines is 2. The largest absolute Gasteiger partial charge is 0.493 e. The van der Waals surface area contributed by atoms with Crippen molar-refractivity contribution >= 4 is 39.5 Å². The summed E-state index contributed by atoms with van der Waals surface area (Å²) in [6.45, 7) is 6.25. The fourth-order valence-electron chi connectivity index (χ4n) is 5.58. The van der Waals surface area contributed by atoms with Crippen molar-refractivity contribution in [2.75, 3.05) is 49.8 Å². The number of hydrogen-bond donors (Lipinski definition) is 0. The predicted molar refractivity (Wildman–Crippen MR) is 171 cm³/mol. The molecule has 9 nitrogen and oxygen atoms in total. The van der Waals surface area contributed by atoms with Gasteiger partial charge < -0.3 is 19.1 Å². The fourth-order valence-corrected chi connectivity index (χ4v) is 5.58. The summed E-state index contributed by atoms with van der Waals surface area (Å²) >= 11 is 0. The molecular weight excluding hydrogens is 554 g/mol. The summed E-state index contributed by atoms with van der Waals surface area (Å²) in [6.07, 6.45) is 4.07. The van der Waals surface area contributed by atoms with Crippen LogP contribution >= 0.6 is 0 Å². The monoisotopic (exact) mass is 585 g/mol. The molecule has 1 amide bonds. The molecule has 1 fully saturated rings. The van der Waals surface area contributed by atoms with Gasteiger partial charge >= 0.3 is 0 Å². The van der Waals surface area contributed by atoms with E-state index in [2.05, 4.69) is 22.5 Å². The van der Waals surface area contributed by atoms with Gasteiger partial charge in [0.2, 0.25) is 6.41 Å². The van der Waals surface area contributed by atoms with E-state index in [-0.39, 0.29) is 0 Å². The van der Waals surface area contributed by atoms with Gasteiger partial charge in [0.1, 0.15) is 24.1 Å². The van der Waals surface area contributed by atoms with Crippen molar-refractivity contribution in [3.05, 3.63) is 103 Å². The van der Waals surface area contributed by atoms with Crippen LogP contribution in [0.25, 0.3) is 21.7 Å². The van der Waals surface area contributed by atoms with E-state index in [1.54, 1.807) is 24.4 Å². The lowest BCUT2D eigenvalue weighted by molar-refractivity contribution is -0.110. The fraction of sp³-hybridized carbons (Fsp3) is 0.171. The lowest BCUT2D eigenvalue weighted by Crippen LogP contribution is -2.54. The molecule has 44 heavy (non-hydrogen) atoms. The molecule has 1 aliphatic rings. The molecule has 0 saturated carbocycles. The first kappa shape index (κ1) is 28.5. The maximum atomic E-state index is 12.6. The smallest absolute Gasteiger partial charge is 0.228 e. The van der Waals surface area contributed by atoms with Gasteiger partial charge in [-0.25, -0.2) is 10.0 Å². The normalized spacial score (nSPS) is 13.3. The minimum absolute atomic E-state index is 0.330. The molecule has 0 aliphatic carbocycles. The standard InChI is InChI=1S/C35H31N5O4/c1-3-19-43-34-21-29-28(20-33(34)42-2)35(26(22-36)23-37-29)38-15-17-39(18-16-38)40(24-41)30-12-6-7-13-32(30)44-31-14-8-10-25-9-4-5-11-27(25)31/h3-14,20-21,23-24H,1,15-19H2,2H3. The van der Waals surface area contributed by atoms with E-state index < -0.39 is 0 Å². The summed E-state index contributed by atoms with van der Waals surface area (Å²) in [4.78, 5) is 19.2. The molecule has 0 unspecified atom stereocenters. The Balaban J connectivity index is 1.26. The average Bonchev–Trinajstić information content (AvgIpc) is 3.08. The van der Waals surface area contributed by atoms with Gasteiger partial charge in [0, 0.05) is 49.2 Å². The highest BCUT2D eigenvalue weighted by Gasteiger charge is 2.27. The van der Waals surface area contributed by atoms with Gasteiger partial charge in [0.05, 0.1) is 23.9 Å². The van der Waals surface area contributed by atoms with Crippen LogP contribution in [0.1, 0.15) is 5.56 Å². The second kappa shape index (κ2) is 12.7. The maximum absolute atomic E-state index is 12.6. The number of para-hydroxylation sites is 2. The number of nitrogens with zero attached hydrogens (tertiary/aromatic N) is 5. The lowest BCUT2D eigenvalue weighted by Gasteiger charge is -2.41. The Morgan fingerprint density at radius 1 is 0.932 bits per heavy atom. The summed E-state index contributed by atoms with van der Waals surface area (Å²) in [5, 5.41) is 16.4. The van der Waals surface area contributed by atoms with Gasteiger partial charge in [-0.15, -0.1) is 0 Å². The topological polar surface area (TPSA) is 91.2 Å². The van der Waals surface area contributed by atoms with Crippen LogP contribution in [0.2, 0.25) is 0 Å². The van der Waals surface area contributed by atoms with Gasteiger partial charge in [0.15, 0.2) is 17.2 Å². The summed E-state index contributed by atoms with van der Waals surface area (Å²) in [6, 6.07) is 27.5. The zero-order valence-electron chi connectivity index (χ0n) is 24.3. The number of hydrogen-bond acceptors (Lipinski definition) is 8. The van der Waals surface area contributed by atoms with Crippen LogP contribution in [0.3, 0.4) is 0 Å². The summed E-state index contributed by atoms with van der Waals surface area (Å²) in [5.41, 5.74) is 2.58. The third-order valence-corrected chi connectivity index (χ3v) is 7.66. The van der Waals surface area contributed by atoms with Crippen LogP contribution in [0.5, 0.6) is 23.0 Å². The van der Waals surface area contributed by atoms with E-state index in [0.717, 1.165) is 28.3 Å². The van der Waals surface area contributed by atoms with Crippen LogP contribution in [-0.4, -0.2) is 56.3 Å².